The van der Waals surface area contributed by atoms with Gasteiger partial charge in [0.15, 0.2) is 11.6 Å². The quantitative estimate of drug-likeness (QED) is 0.189. The van der Waals surface area contributed by atoms with Crippen LogP contribution in [-0.2, 0) is 4.74 Å². The molecule has 0 spiro atoms. The number of ether oxygens (including phenoxy) is 2. The highest BCUT2D eigenvalue weighted by Crippen LogP contribution is 2.24. The molecule has 2 atom stereocenters. The van der Waals surface area contributed by atoms with Crippen LogP contribution >= 0.6 is 0 Å². The summed E-state index contributed by atoms with van der Waals surface area (Å²) < 4.78 is 11.8. The normalized spacial score (nSPS) is 16.8. The molecule has 1 fully saturated rings. The van der Waals surface area contributed by atoms with E-state index in [1.807, 2.05) is 0 Å². The summed E-state index contributed by atoms with van der Waals surface area (Å²) in [7, 11) is 0. The Morgan fingerprint density at radius 2 is 1.62 bits per heavy atom. The van der Waals surface area contributed by atoms with Crippen LogP contribution in [0, 0.1) is 5.92 Å². The van der Waals surface area contributed by atoms with Crippen LogP contribution in [0.1, 0.15) is 116 Å². The third kappa shape index (κ3) is 11.8. The van der Waals surface area contributed by atoms with Gasteiger partial charge in [-0.05, 0) is 56.4 Å². The molecule has 2 aromatic rings. The summed E-state index contributed by atoms with van der Waals surface area (Å²) in [6.07, 6.45) is 27.8. The van der Waals surface area contributed by atoms with Crippen LogP contribution in [0.3, 0.4) is 0 Å². The van der Waals surface area contributed by atoms with Gasteiger partial charge in [0.2, 0.25) is 0 Å². The van der Waals surface area contributed by atoms with E-state index >= 15 is 0 Å². The van der Waals surface area contributed by atoms with Gasteiger partial charge in [-0.15, -0.1) is 0 Å². The van der Waals surface area contributed by atoms with Crippen molar-refractivity contribution in [2.45, 2.75) is 116 Å². The summed E-state index contributed by atoms with van der Waals surface area (Å²) in [5.41, 5.74) is 2.25. The number of aromatic nitrogens is 2. The van der Waals surface area contributed by atoms with Crippen molar-refractivity contribution in [1.29, 1.82) is 0 Å². The Kier molecular flexibility index (Phi) is 14.4. The highest BCUT2D eigenvalue weighted by atomic mass is 16.5. The maximum atomic E-state index is 5.93. The fourth-order valence-corrected chi connectivity index (χ4v) is 5.06. The van der Waals surface area contributed by atoms with Crippen LogP contribution in [0.4, 0.5) is 0 Å². The van der Waals surface area contributed by atoms with Gasteiger partial charge >= 0.3 is 0 Å². The van der Waals surface area contributed by atoms with Gasteiger partial charge in [0.05, 0.1) is 25.1 Å². The van der Waals surface area contributed by atoms with E-state index in [-0.39, 0.29) is 0 Å². The summed E-state index contributed by atoms with van der Waals surface area (Å²) in [5, 5.41) is 0. The van der Waals surface area contributed by atoms with E-state index in [2.05, 4.69) is 60.2 Å². The first-order chi connectivity index (χ1) is 18.3. The number of nitrogens with zero attached hydrogens (tertiary/aromatic N) is 2. The van der Waals surface area contributed by atoms with Gasteiger partial charge in [-0.2, -0.15) is 0 Å². The van der Waals surface area contributed by atoms with E-state index in [0.29, 0.717) is 12.0 Å². The van der Waals surface area contributed by atoms with Crippen molar-refractivity contribution in [3.8, 4) is 17.1 Å². The first-order valence-electron chi connectivity index (χ1n) is 15.1. The summed E-state index contributed by atoms with van der Waals surface area (Å²) >= 11 is 0. The maximum absolute atomic E-state index is 5.93. The minimum atomic E-state index is 0.479. The Morgan fingerprint density at radius 1 is 0.919 bits per heavy atom. The largest absolute Gasteiger partial charge is 0.490 e. The zero-order valence-electron chi connectivity index (χ0n) is 23.5. The van der Waals surface area contributed by atoms with Crippen molar-refractivity contribution in [1.82, 2.24) is 9.97 Å². The molecule has 0 aliphatic carbocycles. The third-order valence-corrected chi connectivity index (χ3v) is 7.50. The second-order valence-corrected chi connectivity index (χ2v) is 10.8. The molecule has 3 rings (SSSR count). The second-order valence-electron chi connectivity index (χ2n) is 10.8. The van der Waals surface area contributed by atoms with Gasteiger partial charge in [-0.3, -0.25) is 0 Å². The average molecular weight is 507 g/mol. The molecular weight excluding hydrogens is 456 g/mol. The molecular formula is C33H50N2O2. The molecule has 0 amide bonds. The molecule has 0 saturated carbocycles. The Labute approximate surface area is 226 Å². The van der Waals surface area contributed by atoms with E-state index in [9.17, 15) is 0 Å². The van der Waals surface area contributed by atoms with Gasteiger partial charge in [0.25, 0.3) is 0 Å². The topological polar surface area (TPSA) is 44.2 Å². The monoisotopic (exact) mass is 506 g/mol. The standard InChI is InChI=1S/C33H50N2O2/c1-3-4-5-6-7-8-9-10-15-24-36-31-26-34-33(35-27-31)30-22-20-29(21-23-30)18-13-11-12-17-28(2)32-19-14-16-25-37-32/h13,18,20-23,26-28,32H,3-12,14-17,19,24-25H2,1-2H3. The number of benzene rings is 1. The lowest BCUT2D eigenvalue weighted by Crippen LogP contribution is -2.26. The van der Waals surface area contributed by atoms with E-state index in [1.54, 1.807) is 12.4 Å². The molecule has 1 saturated heterocycles. The van der Waals surface area contributed by atoms with Gasteiger partial charge in [0.1, 0.15) is 0 Å². The number of unbranched alkanes of at least 4 members (excludes halogenated alkanes) is 9. The smallest absolute Gasteiger partial charge is 0.159 e. The molecule has 2 unspecified atom stereocenters. The van der Waals surface area contributed by atoms with E-state index in [0.717, 1.165) is 43.2 Å². The minimum Gasteiger partial charge on any atom is -0.490 e. The van der Waals surface area contributed by atoms with Crippen LogP contribution in [0.5, 0.6) is 5.75 Å². The number of hydrogen-bond acceptors (Lipinski definition) is 4. The zero-order chi connectivity index (χ0) is 26.0. The van der Waals surface area contributed by atoms with Gasteiger partial charge in [0, 0.05) is 12.2 Å². The summed E-state index contributed by atoms with van der Waals surface area (Å²) in [6.45, 7) is 6.31. The van der Waals surface area contributed by atoms with Crippen molar-refractivity contribution in [3.05, 3.63) is 48.3 Å². The van der Waals surface area contributed by atoms with Crippen molar-refractivity contribution >= 4 is 6.08 Å². The highest BCUT2D eigenvalue weighted by Gasteiger charge is 2.19. The molecule has 0 radical (unpaired) electrons. The number of hydrogen-bond donors (Lipinski definition) is 0. The molecule has 1 aromatic heterocycles. The Balaban J connectivity index is 1.29. The fraction of sp³-hybridized carbons (Fsp3) is 0.636. The average Bonchev–Trinajstić information content (AvgIpc) is 2.95. The second kappa shape index (κ2) is 18.1. The van der Waals surface area contributed by atoms with Gasteiger partial charge in [-0.1, -0.05) is 102 Å². The van der Waals surface area contributed by atoms with Crippen LogP contribution in [-0.4, -0.2) is 29.3 Å². The van der Waals surface area contributed by atoms with E-state index < -0.39 is 0 Å². The van der Waals surface area contributed by atoms with Crippen LogP contribution in [0.15, 0.2) is 42.7 Å². The molecule has 1 aliphatic heterocycles. The lowest BCUT2D eigenvalue weighted by molar-refractivity contribution is -0.0185. The minimum absolute atomic E-state index is 0.479. The molecule has 37 heavy (non-hydrogen) atoms. The number of rotatable bonds is 18. The lowest BCUT2D eigenvalue weighted by Gasteiger charge is -2.28. The SMILES string of the molecule is CCCCCCCCCCCOc1cnc(-c2ccc(C=CCCCC(C)C3CCCCO3)cc2)nc1. The Morgan fingerprint density at radius 3 is 2.30 bits per heavy atom. The molecule has 2 heterocycles. The lowest BCUT2D eigenvalue weighted by atomic mass is 9.93. The van der Waals surface area contributed by atoms with Crippen LogP contribution in [0.2, 0.25) is 0 Å². The maximum Gasteiger partial charge on any atom is 0.159 e. The van der Waals surface area contributed by atoms with Crippen LogP contribution in [0.25, 0.3) is 17.5 Å². The van der Waals surface area contributed by atoms with Gasteiger partial charge in [-0.25, -0.2) is 9.97 Å². The first-order valence-corrected chi connectivity index (χ1v) is 15.1. The summed E-state index contributed by atoms with van der Waals surface area (Å²) in [4.78, 5) is 9.04. The predicted molar refractivity (Wildman–Crippen MR) is 156 cm³/mol. The van der Waals surface area contributed by atoms with E-state index in [1.165, 1.54) is 89.0 Å². The Bertz CT molecular complexity index is 857. The Hall–Kier alpha value is -2.20. The first kappa shape index (κ1) is 29.4. The zero-order valence-corrected chi connectivity index (χ0v) is 23.5. The van der Waals surface area contributed by atoms with Crippen molar-refractivity contribution in [2.24, 2.45) is 5.92 Å². The molecule has 0 bridgehead atoms. The molecule has 204 valence electrons. The molecule has 4 heteroatoms. The fourth-order valence-electron chi connectivity index (χ4n) is 5.06. The van der Waals surface area contributed by atoms with Crippen LogP contribution < -0.4 is 4.74 Å². The molecule has 1 aliphatic rings. The predicted octanol–water partition coefficient (Wildman–Crippen LogP) is 9.44. The summed E-state index contributed by atoms with van der Waals surface area (Å²) in [6, 6.07) is 8.48. The molecule has 1 aromatic carbocycles. The molecule has 4 nitrogen and oxygen atoms in total. The van der Waals surface area contributed by atoms with Crippen molar-refractivity contribution < 1.29 is 9.47 Å². The molecule has 0 N–H and O–H groups in total. The third-order valence-electron chi connectivity index (χ3n) is 7.50. The highest BCUT2D eigenvalue weighted by molar-refractivity contribution is 5.59. The van der Waals surface area contributed by atoms with Gasteiger partial charge < -0.3 is 9.47 Å². The summed E-state index contributed by atoms with van der Waals surface area (Å²) in [5.74, 6) is 2.16. The van der Waals surface area contributed by atoms with Crippen molar-refractivity contribution in [3.63, 3.8) is 0 Å². The number of allylic oxidation sites excluding steroid dienone is 1. The van der Waals surface area contributed by atoms with E-state index in [4.69, 9.17) is 9.47 Å². The van der Waals surface area contributed by atoms with Crippen molar-refractivity contribution in [2.75, 3.05) is 13.2 Å².